The van der Waals surface area contributed by atoms with E-state index in [0.717, 1.165) is 37.4 Å². The zero-order chi connectivity index (χ0) is 14.1. The fourth-order valence-electron chi connectivity index (χ4n) is 2.67. The van der Waals surface area contributed by atoms with Crippen molar-refractivity contribution in [1.82, 2.24) is 14.7 Å². The first-order chi connectivity index (χ1) is 9.63. The molecule has 1 saturated heterocycles. The predicted molar refractivity (Wildman–Crippen MR) is 82.8 cm³/mol. The molecule has 0 spiro atoms. The Hall–Kier alpha value is -2.01. The smallest absolute Gasteiger partial charge is 0.0568 e. The Morgan fingerprint density at radius 3 is 2.50 bits per heavy atom. The molecule has 0 amide bonds. The van der Waals surface area contributed by atoms with Crippen LogP contribution in [-0.2, 0) is 7.05 Å². The summed E-state index contributed by atoms with van der Waals surface area (Å²) in [5.41, 5.74) is 10.3. The second-order valence-electron chi connectivity index (χ2n) is 5.47. The van der Waals surface area contributed by atoms with Gasteiger partial charge < -0.3 is 15.5 Å². The number of anilines is 2. The number of likely N-dealkylation sites (N-methyl/N-ethyl adjacent to an activating group) is 1. The highest BCUT2D eigenvalue weighted by molar-refractivity contribution is 5.81. The van der Waals surface area contributed by atoms with E-state index < -0.39 is 0 Å². The molecule has 20 heavy (non-hydrogen) atoms. The number of aryl methyl sites for hydroxylation is 1. The molecule has 0 radical (unpaired) electrons. The Balaban J connectivity index is 1.98. The number of benzene rings is 1. The fraction of sp³-hybridized carbons (Fsp3) is 0.400. The third-order valence-electron chi connectivity index (χ3n) is 3.88. The van der Waals surface area contributed by atoms with Gasteiger partial charge in [0.05, 0.1) is 6.20 Å². The van der Waals surface area contributed by atoms with E-state index in [1.807, 2.05) is 36.3 Å². The third kappa shape index (κ3) is 2.49. The largest absolute Gasteiger partial charge is 0.399 e. The highest BCUT2D eigenvalue weighted by Gasteiger charge is 2.18. The summed E-state index contributed by atoms with van der Waals surface area (Å²) in [6, 6.07) is 6.15. The van der Waals surface area contributed by atoms with Crippen LogP contribution in [0, 0.1) is 0 Å². The van der Waals surface area contributed by atoms with Crippen molar-refractivity contribution in [3.8, 4) is 11.1 Å². The zero-order valence-corrected chi connectivity index (χ0v) is 12.1. The van der Waals surface area contributed by atoms with E-state index in [1.165, 1.54) is 11.3 Å². The van der Waals surface area contributed by atoms with Crippen LogP contribution >= 0.6 is 0 Å². The lowest BCUT2D eigenvalue weighted by atomic mass is 10.0. The third-order valence-corrected chi connectivity index (χ3v) is 3.88. The van der Waals surface area contributed by atoms with Crippen molar-refractivity contribution in [3.05, 3.63) is 30.6 Å². The SMILES string of the molecule is CN1CCN(c2ccc(N)cc2-c2cnn(C)c2)CC1. The van der Waals surface area contributed by atoms with Crippen LogP contribution in [-0.4, -0.2) is 47.9 Å². The highest BCUT2D eigenvalue weighted by atomic mass is 15.3. The molecule has 2 aromatic rings. The Morgan fingerprint density at radius 1 is 1.10 bits per heavy atom. The van der Waals surface area contributed by atoms with Crippen LogP contribution < -0.4 is 10.6 Å². The predicted octanol–water partition coefficient (Wildman–Crippen LogP) is 1.42. The van der Waals surface area contributed by atoms with E-state index in [1.54, 1.807) is 0 Å². The van der Waals surface area contributed by atoms with Crippen molar-refractivity contribution in [3.63, 3.8) is 0 Å². The van der Waals surface area contributed by atoms with Crippen molar-refractivity contribution in [1.29, 1.82) is 0 Å². The Morgan fingerprint density at radius 2 is 1.85 bits per heavy atom. The van der Waals surface area contributed by atoms with E-state index >= 15 is 0 Å². The summed E-state index contributed by atoms with van der Waals surface area (Å²) < 4.78 is 1.83. The molecule has 1 aliphatic rings. The standard InChI is InChI=1S/C15H21N5/c1-18-5-7-20(8-6-18)15-4-3-13(16)9-14(15)12-10-17-19(2)11-12/h3-4,9-11H,5-8,16H2,1-2H3. The molecule has 2 N–H and O–H groups in total. The molecule has 5 nitrogen and oxygen atoms in total. The highest BCUT2D eigenvalue weighted by Crippen LogP contribution is 2.32. The Bertz CT molecular complexity index is 596. The lowest BCUT2D eigenvalue weighted by molar-refractivity contribution is 0.313. The molecule has 0 atom stereocenters. The average molecular weight is 271 g/mol. The summed E-state index contributed by atoms with van der Waals surface area (Å²) in [7, 11) is 4.10. The summed E-state index contributed by atoms with van der Waals surface area (Å²) >= 11 is 0. The Kier molecular flexibility index (Phi) is 3.36. The van der Waals surface area contributed by atoms with E-state index in [2.05, 4.69) is 28.0 Å². The molecule has 1 fully saturated rings. The molecule has 0 saturated carbocycles. The van der Waals surface area contributed by atoms with Crippen molar-refractivity contribution >= 4 is 11.4 Å². The molecule has 5 heteroatoms. The zero-order valence-electron chi connectivity index (χ0n) is 12.1. The molecule has 1 aliphatic heterocycles. The van der Waals surface area contributed by atoms with Gasteiger partial charge in [-0.25, -0.2) is 0 Å². The molecule has 1 aromatic heterocycles. The lowest BCUT2D eigenvalue weighted by Gasteiger charge is -2.35. The van der Waals surface area contributed by atoms with Gasteiger partial charge >= 0.3 is 0 Å². The van der Waals surface area contributed by atoms with Gasteiger partial charge in [0.25, 0.3) is 0 Å². The average Bonchev–Trinajstić information content (AvgIpc) is 2.86. The molecule has 2 heterocycles. The molecular formula is C15H21N5. The second kappa shape index (κ2) is 5.17. The number of piperazine rings is 1. The van der Waals surface area contributed by atoms with Gasteiger partial charge in [-0.1, -0.05) is 0 Å². The van der Waals surface area contributed by atoms with Gasteiger partial charge in [-0.3, -0.25) is 4.68 Å². The quantitative estimate of drug-likeness (QED) is 0.839. The number of hydrogen-bond acceptors (Lipinski definition) is 4. The molecule has 0 aliphatic carbocycles. The number of rotatable bonds is 2. The minimum atomic E-state index is 0.793. The molecule has 0 unspecified atom stereocenters. The normalized spacial score (nSPS) is 16.6. The fourth-order valence-corrected chi connectivity index (χ4v) is 2.67. The van der Waals surface area contributed by atoms with Crippen molar-refractivity contribution < 1.29 is 0 Å². The van der Waals surface area contributed by atoms with Crippen LogP contribution in [0.2, 0.25) is 0 Å². The minimum Gasteiger partial charge on any atom is -0.399 e. The molecular weight excluding hydrogens is 250 g/mol. The first-order valence-electron chi connectivity index (χ1n) is 6.95. The van der Waals surface area contributed by atoms with E-state index in [-0.39, 0.29) is 0 Å². The summed E-state index contributed by atoms with van der Waals surface area (Å²) in [6.45, 7) is 4.29. The van der Waals surface area contributed by atoms with E-state index in [4.69, 9.17) is 5.73 Å². The summed E-state index contributed by atoms with van der Waals surface area (Å²) in [6.07, 6.45) is 3.93. The van der Waals surface area contributed by atoms with Crippen molar-refractivity contribution in [2.75, 3.05) is 43.9 Å². The Labute approximate surface area is 119 Å². The minimum absolute atomic E-state index is 0.793. The maximum atomic E-state index is 5.97. The van der Waals surface area contributed by atoms with Gasteiger partial charge in [-0.05, 0) is 25.2 Å². The van der Waals surface area contributed by atoms with Gasteiger partial charge in [0.2, 0.25) is 0 Å². The number of hydrogen-bond donors (Lipinski definition) is 1. The number of nitrogen functional groups attached to an aromatic ring is 1. The van der Waals surface area contributed by atoms with E-state index in [0.29, 0.717) is 0 Å². The summed E-state index contributed by atoms with van der Waals surface area (Å²) in [5, 5.41) is 4.27. The molecule has 0 bridgehead atoms. The molecule has 1 aromatic carbocycles. The van der Waals surface area contributed by atoms with Gasteiger partial charge in [0.1, 0.15) is 0 Å². The number of aromatic nitrogens is 2. The van der Waals surface area contributed by atoms with Crippen LogP contribution in [0.1, 0.15) is 0 Å². The van der Waals surface area contributed by atoms with Gasteiger partial charge in [0.15, 0.2) is 0 Å². The van der Waals surface area contributed by atoms with Gasteiger partial charge in [-0.2, -0.15) is 5.10 Å². The molecule has 106 valence electrons. The van der Waals surface area contributed by atoms with Crippen LogP contribution in [0.4, 0.5) is 11.4 Å². The van der Waals surface area contributed by atoms with Crippen LogP contribution in [0.3, 0.4) is 0 Å². The van der Waals surface area contributed by atoms with Gasteiger partial charge in [0, 0.05) is 61.9 Å². The van der Waals surface area contributed by atoms with E-state index in [9.17, 15) is 0 Å². The van der Waals surface area contributed by atoms with Crippen LogP contribution in [0.5, 0.6) is 0 Å². The summed E-state index contributed by atoms with van der Waals surface area (Å²) in [4.78, 5) is 4.79. The van der Waals surface area contributed by atoms with Crippen molar-refractivity contribution in [2.24, 2.45) is 7.05 Å². The summed E-state index contributed by atoms with van der Waals surface area (Å²) in [5.74, 6) is 0. The number of nitrogens with two attached hydrogens (primary N) is 1. The monoisotopic (exact) mass is 271 g/mol. The first kappa shape index (κ1) is 13.0. The number of nitrogens with zero attached hydrogens (tertiary/aromatic N) is 4. The second-order valence-corrected chi connectivity index (χ2v) is 5.47. The topological polar surface area (TPSA) is 50.3 Å². The van der Waals surface area contributed by atoms with Crippen LogP contribution in [0.15, 0.2) is 30.6 Å². The first-order valence-corrected chi connectivity index (χ1v) is 6.95. The maximum absolute atomic E-state index is 5.97. The maximum Gasteiger partial charge on any atom is 0.0568 e. The van der Waals surface area contributed by atoms with Crippen molar-refractivity contribution in [2.45, 2.75) is 0 Å². The molecule has 3 rings (SSSR count). The van der Waals surface area contributed by atoms with Gasteiger partial charge in [-0.15, -0.1) is 0 Å². The van der Waals surface area contributed by atoms with Crippen LogP contribution in [0.25, 0.3) is 11.1 Å². The lowest BCUT2D eigenvalue weighted by Crippen LogP contribution is -2.44.